The third-order valence-electron chi connectivity index (χ3n) is 4.42. The van der Waals surface area contributed by atoms with Crippen LogP contribution in [0.4, 0.5) is 0 Å². The van der Waals surface area contributed by atoms with Gasteiger partial charge in [0.25, 0.3) is 0 Å². The molecule has 1 N–H and O–H groups in total. The Balaban J connectivity index is 2.40. The summed E-state index contributed by atoms with van der Waals surface area (Å²) in [6, 6.07) is 5.99. The maximum Gasteiger partial charge on any atom is 0.309 e. The van der Waals surface area contributed by atoms with Crippen LogP contribution in [-0.2, 0) is 11.2 Å². The number of aliphatic carboxylic acids is 1. The summed E-state index contributed by atoms with van der Waals surface area (Å²) in [5, 5.41) is 9.49. The lowest BCUT2D eigenvalue weighted by molar-refractivity contribution is -0.149. The first kappa shape index (κ1) is 12.9. The van der Waals surface area contributed by atoms with E-state index in [0.717, 1.165) is 18.6 Å². The maximum atomic E-state index is 11.5. The van der Waals surface area contributed by atoms with Gasteiger partial charge < -0.3 is 9.84 Å². The number of hydrogen-bond donors (Lipinski definition) is 1. The molecule has 98 valence electrons. The Morgan fingerprint density at radius 2 is 2.28 bits per heavy atom. The number of carboxylic acids is 1. The van der Waals surface area contributed by atoms with Crippen LogP contribution in [0.5, 0.6) is 5.75 Å². The van der Waals surface area contributed by atoms with Gasteiger partial charge in [-0.15, -0.1) is 0 Å². The molecule has 18 heavy (non-hydrogen) atoms. The highest BCUT2D eigenvalue weighted by Gasteiger charge is 2.43. The largest absolute Gasteiger partial charge is 0.497 e. The second-order valence-corrected chi connectivity index (χ2v) is 5.23. The van der Waals surface area contributed by atoms with E-state index in [4.69, 9.17) is 4.74 Å². The van der Waals surface area contributed by atoms with Crippen LogP contribution >= 0.6 is 0 Å². The minimum absolute atomic E-state index is 0.112. The second-order valence-electron chi connectivity index (χ2n) is 5.23. The van der Waals surface area contributed by atoms with E-state index in [9.17, 15) is 9.90 Å². The predicted molar refractivity (Wildman–Crippen MR) is 70.1 cm³/mol. The number of fused-ring (bicyclic) bond motifs is 1. The van der Waals surface area contributed by atoms with Gasteiger partial charge in [-0.25, -0.2) is 0 Å². The topological polar surface area (TPSA) is 46.5 Å². The molecule has 1 aliphatic carbocycles. The number of benzene rings is 1. The van der Waals surface area contributed by atoms with Crippen LogP contribution in [0, 0.1) is 5.41 Å². The first-order chi connectivity index (χ1) is 8.52. The van der Waals surface area contributed by atoms with Crippen LogP contribution in [0.15, 0.2) is 18.2 Å². The Hall–Kier alpha value is -1.51. The van der Waals surface area contributed by atoms with Crippen LogP contribution in [0.1, 0.15) is 43.7 Å². The van der Waals surface area contributed by atoms with Crippen molar-refractivity contribution in [3.8, 4) is 5.75 Å². The monoisotopic (exact) mass is 248 g/mol. The summed E-state index contributed by atoms with van der Waals surface area (Å²) < 4.78 is 5.22. The Morgan fingerprint density at radius 1 is 1.56 bits per heavy atom. The third kappa shape index (κ3) is 1.88. The summed E-state index contributed by atoms with van der Waals surface area (Å²) >= 11 is 0. The highest BCUT2D eigenvalue weighted by molar-refractivity contribution is 5.76. The quantitative estimate of drug-likeness (QED) is 0.889. The van der Waals surface area contributed by atoms with Crippen molar-refractivity contribution in [2.75, 3.05) is 7.11 Å². The van der Waals surface area contributed by atoms with Crippen molar-refractivity contribution in [1.82, 2.24) is 0 Å². The molecule has 2 rings (SSSR count). The first-order valence-electron chi connectivity index (χ1n) is 6.43. The van der Waals surface area contributed by atoms with Gasteiger partial charge in [0.15, 0.2) is 0 Å². The number of carboxylic acid groups (broad SMARTS) is 1. The number of methoxy groups -OCH3 is 1. The first-order valence-corrected chi connectivity index (χ1v) is 6.43. The van der Waals surface area contributed by atoms with Crippen molar-refractivity contribution in [1.29, 1.82) is 0 Å². The van der Waals surface area contributed by atoms with Crippen molar-refractivity contribution < 1.29 is 14.6 Å². The zero-order valence-corrected chi connectivity index (χ0v) is 11.2. The molecule has 0 unspecified atom stereocenters. The molecule has 3 nitrogen and oxygen atoms in total. The SMILES string of the molecule is CC[C@](C)(C(=O)O)[C@H]1CCc2cc(OC)ccc21. The lowest BCUT2D eigenvalue weighted by Crippen LogP contribution is -2.32. The molecule has 0 radical (unpaired) electrons. The van der Waals surface area contributed by atoms with Gasteiger partial charge in [0, 0.05) is 5.92 Å². The third-order valence-corrected chi connectivity index (χ3v) is 4.42. The van der Waals surface area contributed by atoms with E-state index >= 15 is 0 Å². The molecule has 0 spiro atoms. The standard InChI is InChI=1S/C15H20O3/c1-4-15(2,14(16)17)13-8-5-10-9-11(18-3)6-7-12(10)13/h6-7,9,13H,4-5,8H2,1-3H3,(H,16,17)/t13-,15-/m0/s1. The molecule has 3 heteroatoms. The normalized spacial score (nSPS) is 21.2. The van der Waals surface area contributed by atoms with E-state index in [1.165, 1.54) is 11.1 Å². The molecule has 0 bridgehead atoms. The summed E-state index contributed by atoms with van der Waals surface area (Å²) in [6.07, 6.45) is 2.51. The molecule has 1 aromatic carbocycles. The average Bonchev–Trinajstić information content (AvgIpc) is 2.80. The van der Waals surface area contributed by atoms with Crippen LogP contribution in [0.3, 0.4) is 0 Å². The van der Waals surface area contributed by atoms with E-state index < -0.39 is 11.4 Å². The highest BCUT2D eigenvalue weighted by Crippen LogP contribution is 2.47. The molecular formula is C15H20O3. The van der Waals surface area contributed by atoms with E-state index in [1.807, 2.05) is 32.0 Å². The van der Waals surface area contributed by atoms with Crippen molar-refractivity contribution >= 4 is 5.97 Å². The number of carbonyl (C=O) groups is 1. The maximum absolute atomic E-state index is 11.5. The number of aryl methyl sites for hydroxylation is 1. The van der Waals surface area contributed by atoms with Crippen LogP contribution < -0.4 is 4.74 Å². The fourth-order valence-corrected chi connectivity index (χ4v) is 2.93. The van der Waals surface area contributed by atoms with Gasteiger partial charge in [0.1, 0.15) is 5.75 Å². The summed E-state index contributed by atoms with van der Waals surface area (Å²) in [4.78, 5) is 11.5. The van der Waals surface area contributed by atoms with E-state index in [-0.39, 0.29) is 5.92 Å². The Labute approximate surface area is 108 Å². The lowest BCUT2D eigenvalue weighted by Gasteiger charge is -2.30. The summed E-state index contributed by atoms with van der Waals surface area (Å²) in [5.41, 5.74) is 1.75. The summed E-state index contributed by atoms with van der Waals surface area (Å²) in [5.74, 6) is 0.266. The average molecular weight is 248 g/mol. The molecule has 2 atom stereocenters. The van der Waals surface area contributed by atoms with Gasteiger partial charge in [0.2, 0.25) is 0 Å². The van der Waals surface area contributed by atoms with Crippen molar-refractivity contribution in [2.45, 2.75) is 39.0 Å². The van der Waals surface area contributed by atoms with Crippen LogP contribution in [0.25, 0.3) is 0 Å². The fourth-order valence-electron chi connectivity index (χ4n) is 2.93. The van der Waals surface area contributed by atoms with Crippen LogP contribution in [0.2, 0.25) is 0 Å². The zero-order valence-electron chi connectivity index (χ0n) is 11.2. The molecule has 0 saturated carbocycles. The summed E-state index contributed by atoms with van der Waals surface area (Å²) in [7, 11) is 1.65. The zero-order chi connectivity index (χ0) is 13.3. The molecule has 1 aliphatic rings. The minimum Gasteiger partial charge on any atom is -0.497 e. The molecule has 0 aliphatic heterocycles. The van der Waals surface area contributed by atoms with E-state index in [1.54, 1.807) is 7.11 Å². The van der Waals surface area contributed by atoms with Crippen molar-refractivity contribution in [2.24, 2.45) is 5.41 Å². The molecule has 1 aromatic rings. The van der Waals surface area contributed by atoms with E-state index in [2.05, 4.69) is 0 Å². The van der Waals surface area contributed by atoms with E-state index in [0.29, 0.717) is 6.42 Å². The van der Waals surface area contributed by atoms with Gasteiger partial charge in [-0.3, -0.25) is 4.79 Å². The number of hydrogen-bond acceptors (Lipinski definition) is 2. The van der Waals surface area contributed by atoms with Gasteiger partial charge >= 0.3 is 5.97 Å². The van der Waals surface area contributed by atoms with Crippen molar-refractivity contribution in [3.63, 3.8) is 0 Å². The molecule has 0 heterocycles. The second kappa shape index (κ2) is 4.63. The highest BCUT2D eigenvalue weighted by atomic mass is 16.5. The molecule has 0 fully saturated rings. The summed E-state index contributed by atoms with van der Waals surface area (Å²) in [6.45, 7) is 3.81. The minimum atomic E-state index is -0.696. The lowest BCUT2D eigenvalue weighted by atomic mass is 9.72. The fraction of sp³-hybridized carbons (Fsp3) is 0.533. The van der Waals surface area contributed by atoms with Gasteiger partial charge in [0.05, 0.1) is 12.5 Å². The Kier molecular flexibility index (Phi) is 3.33. The molecule has 0 saturated heterocycles. The van der Waals surface area contributed by atoms with Gasteiger partial charge in [-0.2, -0.15) is 0 Å². The molecule has 0 aromatic heterocycles. The molecule has 0 amide bonds. The predicted octanol–water partition coefficient (Wildman–Crippen LogP) is 3.23. The van der Waals surface area contributed by atoms with Crippen molar-refractivity contribution in [3.05, 3.63) is 29.3 Å². The number of rotatable bonds is 4. The molecular weight excluding hydrogens is 228 g/mol. The Bertz CT molecular complexity index is 467. The van der Waals surface area contributed by atoms with Gasteiger partial charge in [-0.1, -0.05) is 13.0 Å². The van der Waals surface area contributed by atoms with Gasteiger partial charge in [-0.05, 0) is 49.4 Å². The number of ether oxygens (including phenoxy) is 1. The van der Waals surface area contributed by atoms with Crippen LogP contribution in [-0.4, -0.2) is 18.2 Å². The smallest absolute Gasteiger partial charge is 0.309 e. The Morgan fingerprint density at radius 3 is 2.83 bits per heavy atom.